The number of carbonyl (C=O) groups is 1. The SMILES string of the molecule is O=C(Nc1c(-c2ccccc2)nc2sccn12)c1ccc(S(=O)(=O)N2CCOCC2)cc1. The van der Waals surface area contributed by atoms with Crippen molar-refractivity contribution in [2.24, 2.45) is 0 Å². The summed E-state index contributed by atoms with van der Waals surface area (Å²) in [6.07, 6.45) is 1.85. The summed E-state index contributed by atoms with van der Waals surface area (Å²) in [5.74, 6) is 0.230. The number of hydrogen-bond acceptors (Lipinski definition) is 6. The number of thiazole rings is 1. The summed E-state index contributed by atoms with van der Waals surface area (Å²) in [5.41, 5.74) is 1.93. The molecule has 0 spiro atoms. The van der Waals surface area contributed by atoms with Gasteiger partial charge >= 0.3 is 0 Å². The number of anilines is 1. The van der Waals surface area contributed by atoms with Crippen molar-refractivity contribution in [2.45, 2.75) is 4.90 Å². The van der Waals surface area contributed by atoms with Crippen LogP contribution in [0, 0.1) is 0 Å². The van der Waals surface area contributed by atoms with Crippen LogP contribution in [0.3, 0.4) is 0 Å². The van der Waals surface area contributed by atoms with Crippen LogP contribution >= 0.6 is 11.3 Å². The minimum Gasteiger partial charge on any atom is -0.379 e. The van der Waals surface area contributed by atoms with E-state index in [1.807, 2.05) is 46.3 Å². The highest BCUT2D eigenvalue weighted by Crippen LogP contribution is 2.31. The van der Waals surface area contributed by atoms with Gasteiger partial charge in [0.05, 0.1) is 18.1 Å². The van der Waals surface area contributed by atoms with Crippen LogP contribution in [0.2, 0.25) is 0 Å². The predicted molar refractivity (Wildman–Crippen MR) is 122 cm³/mol. The lowest BCUT2D eigenvalue weighted by Gasteiger charge is -2.26. The van der Waals surface area contributed by atoms with Gasteiger partial charge in [0, 0.05) is 35.8 Å². The normalized spacial score (nSPS) is 15.1. The molecule has 32 heavy (non-hydrogen) atoms. The fourth-order valence-corrected chi connectivity index (χ4v) is 5.72. The van der Waals surface area contributed by atoms with Crippen molar-refractivity contribution in [3.05, 3.63) is 71.7 Å². The summed E-state index contributed by atoms with van der Waals surface area (Å²) in [7, 11) is -3.61. The summed E-state index contributed by atoms with van der Waals surface area (Å²) in [6.45, 7) is 1.41. The number of carbonyl (C=O) groups excluding carboxylic acids is 1. The third kappa shape index (κ3) is 3.82. The van der Waals surface area contributed by atoms with E-state index in [9.17, 15) is 13.2 Å². The summed E-state index contributed by atoms with van der Waals surface area (Å²) in [4.78, 5) is 18.6. The van der Waals surface area contributed by atoms with E-state index in [1.165, 1.54) is 39.9 Å². The third-order valence-electron chi connectivity index (χ3n) is 5.27. The molecule has 5 rings (SSSR count). The Morgan fingerprint density at radius 1 is 1.03 bits per heavy atom. The maximum absolute atomic E-state index is 13.0. The number of imidazole rings is 1. The van der Waals surface area contributed by atoms with Crippen molar-refractivity contribution in [3.63, 3.8) is 0 Å². The number of nitrogens with zero attached hydrogens (tertiary/aromatic N) is 3. The summed E-state index contributed by atoms with van der Waals surface area (Å²) in [5, 5.41) is 4.85. The molecule has 1 N–H and O–H groups in total. The van der Waals surface area contributed by atoms with E-state index in [2.05, 4.69) is 10.3 Å². The highest BCUT2D eigenvalue weighted by molar-refractivity contribution is 7.89. The van der Waals surface area contributed by atoms with E-state index >= 15 is 0 Å². The average Bonchev–Trinajstić information content (AvgIpc) is 3.43. The fraction of sp³-hybridized carbons (Fsp3) is 0.182. The van der Waals surface area contributed by atoms with Crippen LogP contribution in [0.5, 0.6) is 0 Å². The first kappa shape index (κ1) is 20.8. The number of sulfonamides is 1. The van der Waals surface area contributed by atoms with Gasteiger partial charge < -0.3 is 10.1 Å². The van der Waals surface area contributed by atoms with Gasteiger partial charge in [-0.3, -0.25) is 9.20 Å². The van der Waals surface area contributed by atoms with Crippen molar-refractivity contribution in [2.75, 3.05) is 31.6 Å². The van der Waals surface area contributed by atoms with Gasteiger partial charge in [-0.05, 0) is 24.3 Å². The molecule has 3 heterocycles. The average molecular weight is 469 g/mol. The molecule has 0 aliphatic carbocycles. The van der Waals surface area contributed by atoms with E-state index in [4.69, 9.17) is 4.74 Å². The number of morpholine rings is 1. The lowest BCUT2D eigenvalue weighted by atomic mass is 10.1. The van der Waals surface area contributed by atoms with Gasteiger partial charge in [0.15, 0.2) is 4.96 Å². The second-order valence-corrected chi connectivity index (χ2v) is 10.0. The monoisotopic (exact) mass is 468 g/mol. The van der Waals surface area contributed by atoms with Crippen molar-refractivity contribution in [1.29, 1.82) is 0 Å². The van der Waals surface area contributed by atoms with E-state index in [-0.39, 0.29) is 10.8 Å². The largest absolute Gasteiger partial charge is 0.379 e. The standard InChI is InChI=1S/C22H20N4O4S2/c27-21(17-6-8-18(9-7-17)32(28,29)25-10-13-30-14-11-25)24-20-19(16-4-2-1-3-5-16)23-22-26(20)12-15-31-22/h1-9,12,15H,10-11,13-14H2,(H,24,27). The lowest BCUT2D eigenvalue weighted by molar-refractivity contribution is 0.0730. The Morgan fingerprint density at radius 3 is 2.47 bits per heavy atom. The molecule has 0 unspecified atom stereocenters. The zero-order chi connectivity index (χ0) is 22.1. The quantitative estimate of drug-likeness (QED) is 0.485. The summed E-state index contributed by atoms with van der Waals surface area (Å²) in [6, 6.07) is 15.6. The Labute approximate surface area is 189 Å². The van der Waals surface area contributed by atoms with Crippen LogP contribution in [-0.2, 0) is 14.8 Å². The van der Waals surface area contributed by atoms with Gasteiger partial charge in [0.25, 0.3) is 5.91 Å². The topological polar surface area (TPSA) is 93.0 Å². The van der Waals surface area contributed by atoms with Crippen LogP contribution in [0.4, 0.5) is 5.82 Å². The molecule has 2 aromatic carbocycles. The van der Waals surface area contributed by atoms with Crippen LogP contribution in [0.25, 0.3) is 16.2 Å². The Hall–Kier alpha value is -3.05. The van der Waals surface area contributed by atoms with Crippen LogP contribution in [0.15, 0.2) is 71.1 Å². The predicted octanol–water partition coefficient (Wildman–Crippen LogP) is 3.34. The van der Waals surface area contributed by atoms with E-state index < -0.39 is 10.0 Å². The van der Waals surface area contributed by atoms with Gasteiger partial charge in [-0.15, -0.1) is 11.3 Å². The molecule has 0 radical (unpaired) electrons. The van der Waals surface area contributed by atoms with Gasteiger partial charge in [0.2, 0.25) is 10.0 Å². The van der Waals surface area contributed by atoms with Crippen molar-refractivity contribution in [3.8, 4) is 11.3 Å². The van der Waals surface area contributed by atoms with Gasteiger partial charge in [-0.25, -0.2) is 13.4 Å². The van der Waals surface area contributed by atoms with E-state index in [0.717, 1.165) is 10.5 Å². The fourth-order valence-electron chi connectivity index (χ4n) is 3.60. The minimum atomic E-state index is -3.61. The molecule has 10 heteroatoms. The van der Waals surface area contributed by atoms with Crippen molar-refractivity contribution < 1.29 is 17.9 Å². The molecule has 4 aromatic rings. The molecule has 164 valence electrons. The van der Waals surface area contributed by atoms with Crippen molar-refractivity contribution >= 4 is 38.0 Å². The molecule has 8 nitrogen and oxygen atoms in total. The molecule has 1 amide bonds. The second-order valence-electron chi connectivity index (χ2n) is 7.23. The molecule has 2 aromatic heterocycles. The number of amides is 1. The minimum absolute atomic E-state index is 0.158. The zero-order valence-electron chi connectivity index (χ0n) is 17.0. The van der Waals surface area contributed by atoms with Crippen LogP contribution < -0.4 is 5.32 Å². The number of aromatic nitrogens is 2. The van der Waals surface area contributed by atoms with Gasteiger partial charge in [-0.1, -0.05) is 30.3 Å². The molecule has 1 aliphatic rings. The highest BCUT2D eigenvalue weighted by atomic mass is 32.2. The molecule has 1 fully saturated rings. The Morgan fingerprint density at radius 2 is 1.75 bits per heavy atom. The molecular weight excluding hydrogens is 448 g/mol. The number of rotatable bonds is 5. The Balaban J connectivity index is 1.41. The first-order valence-electron chi connectivity index (χ1n) is 10.0. The van der Waals surface area contributed by atoms with Crippen molar-refractivity contribution in [1.82, 2.24) is 13.7 Å². The van der Waals surface area contributed by atoms with Crippen LogP contribution in [0.1, 0.15) is 10.4 Å². The number of ether oxygens (including phenoxy) is 1. The Kier molecular flexibility index (Phi) is 5.51. The third-order valence-corrected chi connectivity index (χ3v) is 7.94. The smallest absolute Gasteiger partial charge is 0.256 e. The van der Waals surface area contributed by atoms with Gasteiger partial charge in [0.1, 0.15) is 11.5 Å². The Bertz CT molecular complexity index is 1360. The van der Waals surface area contributed by atoms with E-state index in [0.29, 0.717) is 43.4 Å². The first-order valence-corrected chi connectivity index (χ1v) is 12.4. The molecule has 0 bridgehead atoms. The lowest BCUT2D eigenvalue weighted by Crippen LogP contribution is -2.40. The van der Waals surface area contributed by atoms with Gasteiger partial charge in [-0.2, -0.15) is 4.31 Å². The summed E-state index contributed by atoms with van der Waals surface area (Å²) >= 11 is 1.48. The zero-order valence-corrected chi connectivity index (χ0v) is 18.6. The second kappa shape index (κ2) is 8.47. The first-order chi connectivity index (χ1) is 15.5. The highest BCUT2D eigenvalue weighted by Gasteiger charge is 2.26. The summed E-state index contributed by atoms with van der Waals surface area (Å²) < 4.78 is 34.1. The van der Waals surface area contributed by atoms with Crippen LogP contribution in [-0.4, -0.2) is 54.3 Å². The molecule has 0 saturated carbocycles. The molecule has 1 aliphatic heterocycles. The number of nitrogens with one attached hydrogen (secondary N) is 1. The number of benzene rings is 2. The molecule has 0 atom stereocenters. The maximum Gasteiger partial charge on any atom is 0.256 e. The number of hydrogen-bond donors (Lipinski definition) is 1. The molecular formula is C22H20N4O4S2. The molecule has 1 saturated heterocycles. The number of fused-ring (bicyclic) bond motifs is 1. The maximum atomic E-state index is 13.0. The van der Waals surface area contributed by atoms with E-state index in [1.54, 1.807) is 0 Å².